The van der Waals surface area contributed by atoms with Crippen LogP contribution in [-0.2, 0) is 26.0 Å². The molecule has 1 atom stereocenters. The number of piperidine rings is 1. The monoisotopic (exact) mass is 597 g/mol. The lowest BCUT2D eigenvalue weighted by molar-refractivity contribution is -0.136. The van der Waals surface area contributed by atoms with E-state index in [1.165, 1.54) is 0 Å². The fourth-order valence-corrected chi connectivity index (χ4v) is 7.40. The average molecular weight is 598 g/mol. The topological polar surface area (TPSA) is 145 Å². The largest absolute Gasteiger partial charge is 0.384 e. The molecule has 0 aliphatic carbocycles. The van der Waals surface area contributed by atoms with Crippen LogP contribution in [0.3, 0.4) is 0 Å². The molecule has 0 radical (unpaired) electrons. The molecule has 1 aliphatic rings. The number of rotatable bonds is 11. The van der Waals surface area contributed by atoms with Gasteiger partial charge >= 0.3 is 0 Å². The number of amides is 2. The van der Waals surface area contributed by atoms with Crippen molar-refractivity contribution in [1.82, 2.24) is 14.9 Å². The summed E-state index contributed by atoms with van der Waals surface area (Å²) in [6.45, 7) is 12.8. The number of nitrogen functional groups attached to an aromatic ring is 1. The van der Waals surface area contributed by atoms with Gasteiger partial charge in [-0.05, 0) is 65.3 Å². The Morgan fingerprint density at radius 2 is 1.55 bits per heavy atom. The van der Waals surface area contributed by atoms with Gasteiger partial charge in [0.05, 0.1) is 4.90 Å². The summed E-state index contributed by atoms with van der Waals surface area (Å²) in [5.41, 5.74) is 9.43. The molecule has 9 nitrogen and oxygen atoms in total. The molecular weight excluding hydrogens is 550 g/mol. The summed E-state index contributed by atoms with van der Waals surface area (Å²) in [5, 5.41) is 10.5. The van der Waals surface area contributed by atoms with Gasteiger partial charge in [0.15, 0.2) is 0 Å². The summed E-state index contributed by atoms with van der Waals surface area (Å²) in [4.78, 5) is 28.0. The zero-order valence-corrected chi connectivity index (χ0v) is 26.8. The number of nitrogens with two attached hydrogens (primary N) is 1. The molecule has 2 amide bonds. The van der Waals surface area contributed by atoms with E-state index in [1.807, 2.05) is 39.8 Å². The van der Waals surface area contributed by atoms with Gasteiger partial charge in [-0.2, -0.15) is 4.72 Å². The van der Waals surface area contributed by atoms with Gasteiger partial charge < -0.3 is 16.0 Å². The van der Waals surface area contributed by atoms with E-state index in [1.54, 1.807) is 36.2 Å². The van der Waals surface area contributed by atoms with Crippen LogP contribution in [0.15, 0.2) is 41.3 Å². The molecule has 1 heterocycles. The second-order valence-corrected chi connectivity index (χ2v) is 13.8. The molecule has 0 saturated carbocycles. The maximum absolute atomic E-state index is 14.3. The highest BCUT2D eigenvalue weighted by Gasteiger charge is 2.35. The van der Waals surface area contributed by atoms with E-state index >= 15 is 0 Å². The number of sulfonamides is 1. The number of hydrogen-bond donors (Lipinski definition) is 4. The number of carbonyl (C=O) groups is 2. The Balaban J connectivity index is 2.06. The van der Waals surface area contributed by atoms with Crippen molar-refractivity contribution in [2.75, 3.05) is 20.1 Å². The van der Waals surface area contributed by atoms with Crippen LogP contribution in [-0.4, -0.2) is 57.1 Å². The number of hydrogen-bond acceptors (Lipinski definition) is 5. The lowest BCUT2D eigenvalue weighted by atomic mass is 9.89. The molecule has 3 rings (SSSR count). The number of nitrogens with zero attached hydrogens (tertiary/aromatic N) is 1. The summed E-state index contributed by atoms with van der Waals surface area (Å²) in [7, 11) is -2.54. The highest BCUT2D eigenvalue weighted by Crippen LogP contribution is 2.35. The Hall–Kier alpha value is -3.24. The normalized spacial score (nSPS) is 15.3. The fourth-order valence-electron chi connectivity index (χ4n) is 5.51. The molecule has 0 aromatic heterocycles. The third-order valence-electron chi connectivity index (χ3n) is 8.05. The van der Waals surface area contributed by atoms with Crippen molar-refractivity contribution in [1.29, 1.82) is 5.41 Å². The second kappa shape index (κ2) is 13.8. The van der Waals surface area contributed by atoms with Gasteiger partial charge in [-0.1, -0.05) is 71.9 Å². The molecule has 2 aromatic carbocycles. The maximum atomic E-state index is 14.3. The van der Waals surface area contributed by atoms with E-state index in [-0.39, 0.29) is 52.6 Å². The standard InChI is InChI=1S/C32H47N5O4S/c1-19(2)25-17-26(20(3)4)29(27(18-25)21(5)6)42(40,41)36-28(16-22-9-8-10-24(15-22)30(33)34)32(39)37-13-11-23(12-14-37)31(38)35-7/h8-10,15,17-21,23,28,36H,11-14,16H2,1-7H3,(H3,33,34)(H,35,38)/t28-/m0/s1. The Bertz CT molecular complexity index is 1380. The van der Waals surface area contributed by atoms with Gasteiger partial charge in [0.1, 0.15) is 11.9 Å². The minimum atomic E-state index is -4.14. The zero-order chi connectivity index (χ0) is 31.4. The smallest absolute Gasteiger partial charge is 0.241 e. The molecule has 1 fully saturated rings. The van der Waals surface area contributed by atoms with E-state index in [2.05, 4.69) is 23.9 Å². The number of likely N-dealkylation sites (tertiary alicyclic amines) is 1. The Morgan fingerprint density at radius 3 is 2.02 bits per heavy atom. The highest BCUT2D eigenvalue weighted by atomic mass is 32.2. The third kappa shape index (κ3) is 7.77. The van der Waals surface area contributed by atoms with Crippen LogP contribution >= 0.6 is 0 Å². The van der Waals surface area contributed by atoms with Gasteiger partial charge in [0.25, 0.3) is 0 Å². The Morgan fingerprint density at radius 1 is 0.976 bits per heavy atom. The van der Waals surface area contributed by atoms with E-state index in [0.717, 1.165) is 16.7 Å². The lowest BCUT2D eigenvalue weighted by Crippen LogP contribution is -2.52. The summed E-state index contributed by atoms with van der Waals surface area (Å²) in [6.07, 6.45) is 1.11. The highest BCUT2D eigenvalue weighted by molar-refractivity contribution is 7.89. The first kappa shape index (κ1) is 33.3. The first-order chi connectivity index (χ1) is 19.7. The van der Waals surface area contributed by atoms with E-state index in [9.17, 15) is 18.0 Å². The van der Waals surface area contributed by atoms with Crippen molar-refractivity contribution in [2.24, 2.45) is 11.7 Å². The molecule has 1 saturated heterocycles. The van der Waals surface area contributed by atoms with E-state index < -0.39 is 16.1 Å². The maximum Gasteiger partial charge on any atom is 0.241 e. The molecule has 0 bridgehead atoms. The van der Waals surface area contributed by atoms with Crippen LogP contribution in [0, 0.1) is 11.3 Å². The third-order valence-corrected chi connectivity index (χ3v) is 9.65. The van der Waals surface area contributed by atoms with Crippen molar-refractivity contribution < 1.29 is 18.0 Å². The summed E-state index contributed by atoms with van der Waals surface area (Å²) in [5.74, 6) is -0.556. The fraction of sp³-hybridized carbons (Fsp3) is 0.531. The Labute approximate surface area is 251 Å². The number of nitrogens with one attached hydrogen (secondary N) is 3. The van der Waals surface area contributed by atoms with Crippen LogP contribution in [0.1, 0.15) is 100.0 Å². The number of benzene rings is 2. The van der Waals surface area contributed by atoms with E-state index in [4.69, 9.17) is 11.1 Å². The van der Waals surface area contributed by atoms with Crippen LogP contribution in [0.4, 0.5) is 0 Å². The van der Waals surface area contributed by atoms with Gasteiger partial charge in [-0.15, -0.1) is 0 Å². The predicted octanol–water partition coefficient (Wildman–Crippen LogP) is 4.22. The lowest BCUT2D eigenvalue weighted by Gasteiger charge is -2.34. The minimum absolute atomic E-state index is 0.0485. The predicted molar refractivity (Wildman–Crippen MR) is 167 cm³/mol. The van der Waals surface area contributed by atoms with Crippen LogP contribution in [0.25, 0.3) is 0 Å². The van der Waals surface area contributed by atoms with E-state index in [0.29, 0.717) is 37.1 Å². The van der Waals surface area contributed by atoms with Crippen LogP contribution in [0.5, 0.6) is 0 Å². The summed E-state index contributed by atoms with van der Waals surface area (Å²) < 4.78 is 31.4. The molecule has 0 spiro atoms. The van der Waals surface area contributed by atoms with Crippen molar-refractivity contribution in [2.45, 2.75) is 89.5 Å². The molecule has 10 heteroatoms. The Kier molecular flexibility index (Phi) is 10.9. The van der Waals surface area contributed by atoms with Crippen molar-refractivity contribution in [3.8, 4) is 0 Å². The van der Waals surface area contributed by atoms with Crippen molar-refractivity contribution in [3.05, 3.63) is 64.2 Å². The van der Waals surface area contributed by atoms with Crippen molar-refractivity contribution in [3.63, 3.8) is 0 Å². The summed E-state index contributed by atoms with van der Waals surface area (Å²) >= 11 is 0. The quantitative estimate of drug-likeness (QED) is 0.226. The van der Waals surface area contributed by atoms with Crippen LogP contribution < -0.4 is 15.8 Å². The van der Waals surface area contributed by atoms with Gasteiger partial charge in [-0.3, -0.25) is 15.0 Å². The zero-order valence-electron chi connectivity index (χ0n) is 26.0. The molecule has 1 aliphatic heterocycles. The molecule has 0 unspecified atom stereocenters. The van der Waals surface area contributed by atoms with Gasteiger partial charge in [0, 0.05) is 31.6 Å². The van der Waals surface area contributed by atoms with Gasteiger partial charge in [-0.25, -0.2) is 8.42 Å². The molecule has 42 heavy (non-hydrogen) atoms. The molecule has 230 valence electrons. The molecule has 5 N–H and O–H groups in total. The van der Waals surface area contributed by atoms with Gasteiger partial charge in [0.2, 0.25) is 21.8 Å². The minimum Gasteiger partial charge on any atom is -0.384 e. The molecular formula is C32H47N5O4S. The van der Waals surface area contributed by atoms with Crippen molar-refractivity contribution >= 4 is 27.7 Å². The first-order valence-electron chi connectivity index (χ1n) is 14.8. The SMILES string of the molecule is CNC(=O)C1CCN(C(=O)[C@H](Cc2cccc(C(=N)N)c2)NS(=O)(=O)c2c(C(C)C)cc(C(C)C)cc2C(C)C)CC1. The average Bonchev–Trinajstić information content (AvgIpc) is 2.95. The second-order valence-electron chi connectivity index (χ2n) is 12.2. The molecule has 2 aromatic rings. The number of amidine groups is 1. The number of carbonyl (C=O) groups excluding carboxylic acids is 2. The summed E-state index contributed by atoms with van der Waals surface area (Å²) in [6, 6.07) is 9.84. The van der Waals surface area contributed by atoms with Crippen LogP contribution in [0.2, 0.25) is 0 Å². The first-order valence-corrected chi connectivity index (χ1v) is 16.3.